The molecule has 0 aromatic heterocycles. The molecule has 5 nitrogen and oxygen atoms in total. The second-order valence-electron chi connectivity index (χ2n) is 6.22. The smallest absolute Gasteiger partial charge is 0.227 e. The first-order valence-corrected chi connectivity index (χ1v) is 8.39. The average Bonchev–Trinajstić information content (AvgIpc) is 3.04. The molecule has 5 heteroatoms. The molecule has 1 fully saturated rings. The van der Waals surface area contributed by atoms with Crippen LogP contribution in [0.15, 0.2) is 54.6 Å². The van der Waals surface area contributed by atoms with Gasteiger partial charge in [0, 0.05) is 13.0 Å². The van der Waals surface area contributed by atoms with Crippen LogP contribution in [-0.2, 0) is 9.59 Å². The summed E-state index contributed by atoms with van der Waals surface area (Å²) in [6.45, 7) is 2.31. The van der Waals surface area contributed by atoms with E-state index in [9.17, 15) is 9.59 Å². The normalized spacial score (nSPS) is 18.1. The van der Waals surface area contributed by atoms with Crippen LogP contribution >= 0.6 is 0 Å². The zero-order valence-electron chi connectivity index (χ0n) is 14.4. The van der Waals surface area contributed by atoms with Gasteiger partial charge in [0.15, 0.2) is 0 Å². The average molecular weight is 338 g/mol. The van der Waals surface area contributed by atoms with Crippen molar-refractivity contribution >= 4 is 17.5 Å². The van der Waals surface area contributed by atoms with Crippen LogP contribution in [0.3, 0.4) is 0 Å². The lowest BCUT2D eigenvalue weighted by Crippen LogP contribution is -2.34. The molecule has 1 N–H and O–H groups in total. The number of nitrogens with one attached hydrogen (secondary N) is 1. The molecule has 0 spiro atoms. The van der Waals surface area contributed by atoms with Crippen molar-refractivity contribution in [1.29, 1.82) is 0 Å². The van der Waals surface area contributed by atoms with E-state index in [1.165, 1.54) is 0 Å². The van der Waals surface area contributed by atoms with E-state index < -0.39 is 0 Å². The minimum absolute atomic E-state index is 0.0583. The van der Waals surface area contributed by atoms with E-state index in [0.29, 0.717) is 18.0 Å². The van der Waals surface area contributed by atoms with E-state index in [-0.39, 0.29) is 30.2 Å². The maximum atomic E-state index is 12.6. The minimum atomic E-state index is -0.358. The van der Waals surface area contributed by atoms with Crippen molar-refractivity contribution in [1.82, 2.24) is 5.32 Å². The van der Waals surface area contributed by atoms with Gasteiger partial charge in [0.2, 0.25) is 11.8 Å². The SMILES string of the molecule is COc1ccccc1N1C[C@H](C(=O)N[C@@H](C)c2ccccc2)CC1=O. The monoisotopic (exact) mass is 338 g/mol. The third-order valence-corrected chi connectivity index (χ3v) is 4.53. The van der Waals surface area contributed by atoms with Crippen molar-refractivity contribution in [2.75, 3.05) is 18.6 Å². The lowest BCUT2D eigenvalue weighted by molar-refractivity contribution is -0.126. The Balaban J connectivity index is 1.69. The van der Waals surface area contributed by atoms with Gasteiger partial charge in [-0.15, -0.1) is 0 Å². The highest BCUT2D eigenvalue weighted by atomic mass is 16.5. The summed E-state index contributed by atoms with van der Waals surface area (Å²) < 4.78 is 5.33. The summed E-state index contributed by atoms with van der Waals surface area (Å²) in [4.78, 5) is 26.6. The number of rotatable bonds is 5. The first-order valence-electron chi connectivity index (χ1n) is 8.39. The van der Waals surface area contributed by atoms with Gasteiger partial charge in [-0.1, -0.05) is 42.5 Å². The number of carbonyl (C=O) groups is 2. The number of para-hydroxylation sites is 2. The molecule has 0 aliphatic carbocycles. The molecule has 2 amide bonds. The summed E-state index contributed by atoms with van der Waals surface area (Å²) >= 11 is 0. The Morgan fingerprint density at radius 3 is 2.56 bits per heavy atom. The van der Waals surface area contributed by atoms with E-state index in [2.05, 4.69) is 5.32 Å². The molecule has 0 saturated carbocycles. The van der Waals surface area contributed by atoms with Crippen LogP contribution in [0, 0.1) is 5.92 Å². The number of hydrogen-bond acceptors (Lipinski definition) is 3. The maximum Gasteiger partial charge on any atom is 0.227 e. The highest BCUT2D eigenvalue weighted by Crippen LogP contribution is 2.33. The van der Waals surface area contributed by atoms with Gasteiger partial charge in [-0.2, -0.15) is 0 Å². The second kappa shape index (κ2) is 7.38. The second-order valence-corrected chi connectivity index (χ2v) is 6.22. The quantitative estimate of drug-likeness (QED) is 0.912. The summed E-state index contributed by atoms with van der Waals surface area (Å²) in [6, 6.07) is 17.1. The van der Waals surface area contributed by atoms with Gasteiger partial charge in [0.1, 0.15) is 5.75 Å². The van der Waals surface area contributed by atoms with Crippen molar-refractivity contribution in [3.63, 3.8) is 0 Å². The predicted molar refractivity (Wildman–Crippen MR) is 96.5 cm³/mol. The molecule has 3 rings (SSSR count). The maximum absolute atomic E-state index is 12.6. The molecule has 2 atom stereocenters. The highest BCUT2D eigenvalue weighted by Gasteiger charge is 2.36. The molecule has 0 radical (unpaired) electrons. The Hall–Kier alpha value is -2.82. The number of carbonyl (C=O) groups excluding carboxylic acids is 2. The summed E-state index contributed by atoms with van der Waals surface area (Å²) in [5, 5.41) is 3.01. The van der Waals surface area contributed by atoms with Gasteiger partial charge < -0.3 is 15.0 Å². The summed E-state index contributed by atoms with van der Waals surface area (Å²) in [5.41, 5.74) is 1.75. The van der Waals surface area contributed by atoms with E-state index in [1.807, 2.05) is 61.5 Å². The Bertz CT molecular complexity index is 761. The van der Waals surface area contributed by atoms with Gasteiger partial charge in [0.05, 0.1) is 24.8 Å². The standard InChI is InChI=1S/C20H22N2O3/c1-14(15-8-4-3-5-9-15)21-20(24)16-12-19(23)22(13-16)17-10-6-7-11-18(17)25-2/h3-11,14,16H,12-13H2,1-2H3,(H,21,24)/t14-,16+/m0/s1. The van der Waals surface area contributed by atoms with Crippen LogP contribution < -0.4 is 15.0 Å². The molecule has 0 bridgehead atoms. The molecular weight excluding hydrogens is 316 g/mol. The lowest BCUT2D eigenvalue weighted by Gasteiger charge is -2.20. The number of hydrogen-bond donors (Lipinski definition) is 1. The fourth-order valence-electron chi connectivity index (χ4n) is 3.13. The molecule has 1 saturated heterocycles. The van der Waals surface area contributed by atoms with Crippen molar-refractivity contribution < 1.29 is 14.3 Å². The number of nitrogens with zero attached hydrogens (tertiary/aromatic N) is 1. The fourth-order valence-corrected chi connectivity index (χ4v) is 3.13. The minimum Gasteiger partial charge on any atom is -0.495 e. The number of ether oxygens (including phenoxy) is 1. The third-order valence-electron chi connectivity index (χ3n) is 4.53. The molecule has 2 aromatic carbocycles. The van der Waals surface area contributed by atoms with Gasteiger partial charge in [-0.25, -0.2) is 0 Å². The zero-order valence-corrected chi connectivity index (χ0v) is 14.4. The van der Waals surface area contributed by atoms with Crippen LogP contribution in [0.25, 0.3) is 0 Å². The van der Waals surface area contributed by atoms with Crippen molar-refractivity contribution in [3.8, 4) is 5.75 Å². The molecule has 130 valence electrons. The predicted octanol–water partition coefficient (Wildman–Crippen LogP) is 2.93. The topological polar surface area (TPSA) is 58.6 Å². The van der Waals surface area contributed by atoms with E-state index in [4.69, 9.17) is 4.74 Å². The van der Waals surface area contributed by atoms with Crippen LogP contribution in [0.5, 0.6) is 5.75 Å². The number of benzene rings is 2. The van der Waals surface area contributed by atoms with E-state index in [1.54, 1.807) is 12.0 Å². The third kappa shape index (κ3) is 3.65. The number of amides is 2. The van der Waals surface area contributed by atoms with Gasteiger partial charge >= 0.3 is 0 Å². The van der Waals surface area contributed by atoms with Crippen LogP contribution in [0.2, 0.25) is 0 Å². The molecule has 1 heterocycles. The highest BCUT2D eigenvalue weighted by molar-refractivity contribution is 6.01. The molecule has 0 unspecified atom stereocenters. The van der Waals surface area contributed by atoms with Gasteiger partial charge in [-0.05, 0) is 24.6 Å². The molecular formula is C20H22N2O3. The summed E-state index contributed by atoms with van der Waals surface area (Å²) in [6.07, 6.45) is 0.214. The van der Waals surface area contributed by atoms with E-state index >= 15 is 0 Å². The fraction of sp³-hybridized carbons (Fsp3) is 0.300. The van der Waals surface area contributed by atoms with Crippen molar-refractivity contribution in [2.24, 2.45) is 5.92 Å². The number of methoxy groups -OCH3 is 1. The van der Waals surface area contributed by atoms with Crippen LogP contribution in [0.1, 0.15) is 24.9 Å². The van der Waals surface area contributed by atoms with Crippen molar-refractivity contribution in [2.45, 2.75) is 19.4 Å². The summed E-state index contributed by atoms with van der Waals surface area (Å²) in [7, 11) is 1.57. The first-order chi connectivity index (χ1) is 12.1. The molecule has 1 aliphatic heterocycles. The Morgan fingerprint density at radius 1 is 1.16 bits per heavy atom. The largest absolute Gasteiger partial charge is 0.495 e. The number of anilines is 1. The van der Waals surface area contributed by atoms with Crippen molar-refractivity contribution in [3.05, 3.63) is 60.2 Å². The lowest BCUT2D eigenvalue weighted by atomic mass is 10.1. The van der Waals surface area contributed by atoms with Gasteiger partial charge in [0.25, 0.3) is 0 Å². The molecule has 2 aromatic rings. The summed E-state index contributed by atoms with van der Waals surface area (Å²) in [5.74, 6) is 0.122. The zero-order chi connectivity index (χ0) is 17.8. The first kappa shape index (κ1) is 17.0. The molecule has 1 aliphatic rings. The Labute approximate surface area is 147 Å². The van der Waals surface area contributed by atoms with Crippen LogP contribution in [-0.4, -0.2) is 25.5 Å². The Morgan fingerprint density at radius 2 is 1.84 bits per heavy atom. The van der Waals surface area contributed by atoms with Gasteiger partial charge in [-0.3, -0.25) is 9.59 Å². The van der Waals surface area contributed by atoms with E-state index in [0.717, 1.165) is 5.56 Å². The molecule has 25 heavy (non-hydrogen) atoms. The Kier molecular flexibility index (Phi) is 5.03. The van der Waals surface area contributed by atoms with Crippen LogP contribution in [0.4, 0.5) is 5.69 Å².